The lowest BCUT2D eigenvalue weighted by Gasteiger charge is -2.13. The molecule has 5 nitrogen and oxygen atoms in total. The van der Waals surface area contributed by atoms with Gasteiger partial charge in [-0.05, 0) is 50.5 Å². The minimum Gasteiger partial charge on any atom is -0.491 e. The van der Waals surface area contributed by atoms with Gasteiger partial charge in [-0.2, -0.15) is 0 Å². The van der Waals surface area contributed by atoms with Crippen LogP contribution >= 0.6 is 0 Å². The Morgan fingerprint density at radius 2 is 2.12 bits per heavy atom. The molecule has 1 saturated heterocycles. The highest BCUT2D eigenvalue weighted by molar-refractivity contribution is 5.94. The maximum atomic E-state index is 12.2. The third-order valence-corrected chi connectivity index (χ3v) is 4.40. The van der Waals surface area contributed by atoms with Gasteiger partial charge in [0.25, 0.3) is 0 Å². The van der Waals surface area contributed by atoms with E-state index in [1.165, 1.54) is 5.56 Å². The number of aryl methyl sites for hydroxylation is 2. The van der Waals surface area contributed by atoms with E-state index >= 15 is 0 Å². The smallest absolute Gasteiger partial charge is 0.243 e. The molecule has 1 aliphatic heterocycles. The van der Waals surface area contributed by atoms with Crippen molar-refractivity contribution in [3.8, 4) is 5.75 Å². The highest BCUT2D eigenvalue weighted by Crippen LogP contribution is 2.20. The van der Waals surface area contributed by atoms with Crippen molar-refractivity contribution in [2.45, 2.75) is 32.8 Å². The molecule has 1 atom stereocenters. The third kappa shape index (κ3) is 5.23. The van der Waals surface area contributed by atoms with Crippen molar-refractivity contribution < 1.29 is 14.3 Å². The number of carbonyl (C=O) groups is 1. The molecule has 26 heavy (non-hydrogen) atoms. The molecule has 1 unspecified atom stereocenters. The van der Waals surface area contributed by atoms with Gasteiger partial charge in [0.05, 0.1) is 12.6 Å². The van der Waals surface area contributed by atoms with Crippen LogP contribution in [0.3, 0.4) is 0 Å². The molecule has 2 aromatic carbocycles. The fourth-order valence-electron chi connectivity index (χ4n) is 3.02. The lowest BCUT2D eigenvalue weighted by molar-refractivity contribution is -0.114. The Bertz CT molecular complexity index is 755. The van der Waals surface area contributed by atoms with Gasteiger partial charge in [0, 0.05) is 24.0 Å². The van der Waals surface area contributed by atoms with Gasteiger partial charge in [0.15, 0.2) is 0 Å². The Morgan fingerprint density at radius 3 is 2.88 bits per heavy atom. The summed E-state index contributed by atoms with van der Waals surface area (Å²) < 4.78 is 11.3. The number of carbonyl (C=O) groups excluding carboxylic acids is 1. The topological polar surface area (TPSA) is 59.6 Å². The molecule has 1 aliphatic rings. The van der Waals surface area contributed by atoms with Crippen LogP contribution < -0.4 is 15.4 Å². The highest BCUT2D eigenvalue weighted by Gasteiger charge is 2.16. The molecular formula is C21H26N2O3. The molecular weight excluding hydrogens is 328 g/mol. The Hall–Kier alpha value is -2.53. The molecule has 0 aromatic heterocycles. The minimum atomic E-state index is -0.0961. The Balaban J connectivity index is 1.49. The maximum absolute atomic E-state index is 12.2. The van der Waals surface area contributed by atoms with Crippen molar-refractivity contribution >= 4 is 17.3 Å². The van der Waals surface area contributed by atoms with E-state index in [1.54, 1.807) is 0 Å². The number of ether oxygens (including phenoxy) is 2. The average Bonchev–Trinajstić information content (AvgIpc) is 3.13. The number of hydrogen-bond acceptors (Lipinski definition) is 4. The van der Waals surface area contributed by atoms with E-state index < -0.39 is 0 Å². The van der Waals surface area contributed by atoms with E-state index in [0.717, 1.165) is 42.1 Å². The summed E-state index contributed by atoms with van der Waals surface area (Å²) in [5.74, 6) is 0.641. The molecule has 138 valence electrons. The van der Waals surface area contributed by atoms with E-state index in [2.05, 4.69) is 23.6 Å². The van der Waals surface area contributed by atoms with Crippen LogP contribution in [0.2, 0.25) is 0 Å². The molecule has 0 bridgehead atoms. The summed E-state index contributed by atoms with van der Waals surface area (Å²) >= 11 is 0. The number of hydrogen-bond donors (Lipinski definition) is 2. The number of amides is 1. The molecule has 1 heterocycles. The van der Waals surface area contributed by atoms with Crippen molar-refractivity contribution in [1.82, 2.24) is 0 Å². The van der Waals surface area contributed by atoms with Crippen molar-refractivity contribution in [3.63, 3.8) is 0 Å². The number of rotatable bonds is 7. The number of benzene rings is 2. The Kier molecular flexibility index (Phi) is 6.12. The zero-order chi connectivity index (χ0) is 18.4. The summed E-state index contributed by atoms with van der Waals surface area (Å²) in [7, 11) is 0. The molecule has 5 heteroatoms. The van der Waals surface area contributed by atoms with Crippen LogP contribution in [0, 0.1) is 13.8 Å². The molecule has 0 spiro atoms. The molecule has 3 rings (SSSR count). The molecule has 0 radical (unpaired) electrons. The molecule has 2 aromatic rings. The fourth-order valence-corrected chi connectivity index (χ4v) is 3.02. The summed E-state index contributed by atoms with van der Waals surface area (Å²) in [6.07, 6.45) is 2.31. The van der Waals surface area contributed by atoms with Crippen LogP contribution in [0.25, 0.3) is 0 Å². The predicted octanol–water partition coefficient (Wildman–Crippen LogP) is 3.91. The first-order valence-corrected chi connectivity index (χ1v) is 9.05. The Labute approximate surface area is 154 Å². The predicted molar refractivity (Wildman–Crippen MR) is 104 cm³/mol. The van der Waals surface area contributed by atoms with E-state index in [9.17, 15) is 4.79 Å². The highest BCUT2D eigenvalue weighted by atomic mass is 16.5. The summed E-state index contributed by atoms with van der Waals surface area (Å²) in [6, 6.07) is 13.6. The van der Waals surface area contributed by atoms with Crippen LogP contribution in [0.5, 0.6) is 5.75 Å². The standard InChI is InChI=1S/C21H26N2O3/c1-15-8-9-20(16(2)11-15)22-13-21(24)23-17-5-3-6-18(12-17)26-14-19-7-4-10-25-19/h3,5-6,8-9,11-12,19,22H,4,7,10,13-14H2,1-2H3,(H,23,24). The lowest BCUT2D eigenvalue weighted by atomic mass is 10.1. The molecule has 0 saturated carbocycles. The second kappa shape index (κ2) is 8.72. The summed E-state index contributed by atoms with van der Waals surface area (Å²) in [5, 5.41) is 6.08. The second-order valence-electron chi connectivity index (χ2n) is 6.69. The zero-order valence-corrected chi connectivity index (χ0v) is 15.4. The minimum absolute atomic E-state index is 0.0961. The fraction of sp³-hybridized carbons (Fsp3) is 0.381. The average molecular weight is 354 g/mol. The van der Waals surface area contributed by atoms with Crippen molar-refractivity contribution in [1.29, 1.82) is 0 Å². The van der Waals surface area contributed by atoms with Crippen LogP contribution in [-0.2, 0) is 9.53 Å². The molecule has 1 amide bonds. The first kappa shape index (κ1) is 18.3. The molecule has 2 N–H and O–H groups in total. The molecule has 1 fully saturated rings. The van der Waals surface area contributed by atoms with Gasteiger partial charge in [-0.15, -0.1) is 0 Å². The van der Waals surface area contributed by atoms with E-state index in [4.69, 9.17) is 9.47 Å². The monoisotopic (exact) mass is 354 g/mol. The van der Waals surface area contributed by atoms with Crippen molar-refractivity contribution in [3.05, 3.63) is 53.6 Å². The zero-order valence-electron chi connectivity index (χ0n) is 15.4. The van der Waals surface area contributed by atoms with Crippen molar-refractivity contribution in [2.75, 3.05) is 30.4 Å². The van der Waals surface area contributed by atoms with E-state index in [-0.39, 0.29) is 18.6 Å². The van der Waals surface area contributed by atoms with Crippen LogP contribution in [0.15, 0.2) is 42.5 Å². The number of nitrogens with one attached hydrogen (secondary N) is 2. The Morgan fingerprint density at radius 1 is 1.23 bits per heavy atom. The van der Waals surface area contributed by atoms with E-state index in [1.807, 2.05) is 43.3 Å². The van der Waals surface area contributed by atoms with Crippen LogP contribution in [0.4, 0.5) is 11.4 Å². The quantitative estimate of drug-likeness (QED) is 0.791. The molecule has 0 aliphatic carbocycles. The maximum Gasteiger partial charge on any atom is 0.243 e. The van der Waals surface area contributed by atoms with Crippen molar-refractivity contribution in [2.24, 2.45) is 0 Å². The first-order valence-electron chi connectivity index (χ1n) is 9.05. The van der Waals surface area contributed by atoms with Gasteiger partial charge in [0.1, 0.15) is 12.4 Å². The number of anilines is 2. The summed E-state index contributed by atoms with van der Waals surface area (Å²) in [6.45, 7) is 5.66. The first-order chi connectivity index (χ1) is 12.6. The van der Waals surface area contributed by atoms with E-state index in [0.29, 0.717) is 6.61 Å². The summed E-state index contributed by atoms with van der Waals surface area (Å²) in [5.41, 5.74) is 4.03. The SMILES string of the molecule is Cc1ccc(NCC(=O)Nc2cccc(OCC3CCCO3)c2)c(C)c1. The van der Waals surface area contributed by atoms with Gasteiger partial charge in [-0.3, -0.25) is 4.79 Å². The normalized spacial score (nSPS) is 16.3. The largest absolute Gasteiger partial charge is 0.491 e. The summed E-state index contributed by atoms with van der Waals surface area (Å²) in [4.78, 5) is 12.2. The third-order valence-electron chi connectivity index (χ3n) is 4.40. The van der Waals surface area contributed by atoms with Gasteiger partial charge >= 0.3 is 0 Å². The van der Waals surface area contributed by atoms with Crippen LogP contribution in [-0.4, -0.2) is 31.8 Å². The second-order valence-corrected chi connectivity index (χ2v) is 6.69. The van der Waals surface area contributed by atoms with Gasteiger partial charge < -0.3 is 20.1 Å². The van der Waals surface area contributed by atoms with Gasteiger partial charge in [0.2, 0.25) is 5.91 Å². The van der Waals surface area contributed by atoms with Crippen LogP contribution in [0.1, 0.15) is 24.0 Å². The van der Waals surface area contributed by atoms with Gasteiger partial charge in [-0.1, -0.05) is 23.8 Å². The lowest BCUT2D eigenvalue weighted by Crippen LogP contribution is -2.22. The van der Waals surface area contributed by atoms with Gasteiger partial charge in [-0.25, -0.2) is 0 Å².